The zero-order valence-electron chi connectivity index (χ0n) is 11.6. The van der Waals surface area contributed by atoms with Gasteiger partial charge in [-0.15, -0.1) is 0 Å². The molecule has 0 bridgehead atoms. The fourth-order valence-electron chi connectivity index (χ4n) is 1.79. The van der Waals surface area contributed by atoms with Crippen molar-refractivity contribution in [2.24, 2.45) is 0 Å². The lowest BCUT2D eigenvalue weighted by molar-refractivity contribution is 0.0462. The van der Waals surface area contributed by atoms with Gasteiger partial charge in [0, 0.05) is 13.3 Å². The molecule has 1 aromatic carbocycles. The maximum absolute atomic E-state index is 11.9. The van der Waals surface area contributed by atoms with Gasteiger partial charge >= 0.3 is 5.97 Å². The Morgan fingerprint density at radius 2 is 1.90 bits per heavy atom. The van der Waals surface area contributed by atoms with Crippen molar-refractivity contribution in [2.75, 3.05) is 7.11 Å². The summed E-state index contributed by atoms with van der Waals surface area (Å²) in [5, 5.41) is 8.68. The molecule has 0 aliphatic rings. The fourth-order valence-corrected chi connectivity index (χ4v) is 1.79. The molecule has 0 radical (unpaired) electrons. The van der Waals surface area contributed by atoms with Gasteiger partial charge in [-0.25, -0.2) is 9.78 Å². The smallest absolute Gasteiger partial charge is 0.357 e. The molecule has 21 heavy (non-hydrogen) atoms. The van der Waals surface area contributed by atoms with E-state index in [1.54, 1.807) is 7.11 Å². The molecule has 0 aliphatic carbocycles. The van der Waals surface area contributed by atoms with Gasteiger partial charge in [0.2, 0.25) is 0 Å². The molecule has 5 nitrogen and oxygen atoms in total. The van der Waals surface area contributed by atoms with Gasteiger partial charge in [0.05, 0.1) is 12.2 Å². The van der Waals surface area contributed by atoms with Crippen LogP contribution in [0.15, 0.2) is 42.6 Å². The molecule has 0 N–H and O–H groups in total. The van der Waals surface area contributed by atoms with Gasteiger partial charge in [-0.05, 0) is 23.3 Å². The maximum Gasteiger partial charge on any atom is 0.357 e. The molecule has 1 aromatic heterocycles. The van der Waals surface area contributed by atoms with E-state index in [1.165, 1.54) is 18.3 Å². The van der Waals surface area contributed by atoms with Gasteiger partial charge in [0.25, 0.3) is 0 Å². The van der Waals surface area contributed by atoms with Crippen molar-refractivity contribution in [2.45, 2.75) is 13.2 Å². The number of carbonyl (C=O) groups excluding carboxylic acids is 1. The van der Waals surface area contributed by atoms with E-state index in [1.807, 2.05) is 30.3 Å². The lowest BCUT2D eigenvalue weighted by Crippen LogP contribution is -2.08. The van der Waals surface area contributed by atoms with Crippen LogP contribution in [-0.4, -0.2) is 18.1 Å². The first kappa shape index (κ1) is 14.7. The number of aromatic nitrogens is 1. The standard InChI is InChI=1S/C16H14N2O3/c1-20-10-13-4-2-3-5-14(13)11-21-16(19)15-7-6-12(8-17)9-18-15/h2-7,9H,10-11H2,1H3. The Morgan fingerprint density at radius 1 is 1.19 bits per heavy atom. The number of nitrogens with zero attached hydrogens (tertiary/aromatic N) is 2. The molecule has 5 heteroatoms. The molecular formula is C16H14N2O3. The molecule has 1 heterocycles. The van der Waals surface area contributed by atoms with Gasteiger partial charge in [0.1, 0.15) is 18.4 Å². The summed E-state index contributed by atoms with van der Waals surface area (Å²) in [6.45, 7) is 0.614. The van der Waals surface area contributed by atoms with E-state index >= 15 is 0 Å². The van der Waals surface area contributed by atoms with E-state index in [0.717, 1.165) is 11.1 Å². The minimum Gasteiger partial charge on any atom is -0.456 e. The van der Waals surface area contributed by atoms with Crippen molar-refractivity contribution < 1.29 is 14.3 Å². The van der Waals surface area contributed by atoms with Crippen LogP contribution in [0.2, 0.25) is 0 Å². The normalized spacial score (nSPS) is 9.90. The highest BCUT2D eigenvalue weighted by Gasteiger charge is 2.10. The minimum absolute atomic E-state index is 0.153. The predicted octanol–water partition coefficient (Wildman–Crippen LogP) is 2.46. The number of hydrogen-bond donors (Lipinski definition) is 0. The molecule has 2 aromatic rings. The summed E-state index contributed by atoms with van der Waals surface area (Å²) in [6, 6.07) is 12.5. The number of esters is 1. The van der Waals surface area contributed by atoms with Crippen LogP contribution in [0, 0.1) is 11.3 Å². The summed E-state index contributed by atoms with van der Waals surface area (Å²) >= 11 is 0. The quantitative estimate of drug-likeness (QED) is 0.788. The summed E-state index contributed by atoms with van der Waals surface area (Å²) < 4.78 is 10.3. The molecule has 2 rings (SSSR count). The third-order valence-electron chi connectivity index (χ3n) is 2.88. The van der Waals surface area contributed by atoms with E-state index in [9.17, 15) is 4.79 Å². The summed E-state index contributed by atoms with van der Waals surface area (Å²) in [5.74, 6) is -0.522. The van der Waals surface area contributed by atoms with Crippen LogP contribution < -0.4 is 0 Å². The highest BCUT2D eigenvalue weighted by molar-refractivity contribution is 5.87. The highest BCUT2D eigenvalue weighted by Crippen LogP contribution is 2.12. The molecule has 0 amide bonds. The first-order valence-electron chi connectivity index (χ1n) is 6.33. The minimum atomic E-state index is -0.522. The molecule has 0 atom stereocenters. The highest BCUT2D eigenvalue weighted by atomic mass is 16.5. The van der Waals surface area contributed by atoms with E-state index in [-0.39, 0.29) is 12.3 Å². The number of carbonyl (C=O) groups is 1. The Bertz CT molecular complexity index is 660. The number of methoxy groups -OCH3 is 1. The maximum atomic E-state index is 11.9. The first-order valence-corrected chi connectivity index (χ1v) is 6.33. The van der Waals surface area contributed by atoms with Crippen LogP contribution in [0.1, 0.15) is 27.2 Å². The van der Waals surface area contributed by atoms with Crippen LogP contribution in [0.5, 0.6) is 0 Å². The average Bonchev–Trinajstić information content (AvgIpc) is 2.54. The van der Waals surface area contributed by atoms with Crippen LogP contribution >= 0.6 is 0 Å². The van der Waals surface area contributed by atoms with Gasteiger partial charge in [-0.1, -0.05) is 24.3 Å². The van der Waals surface area contributed by atoms with Crippen molar-refractivity contribution in [3.63, 3.8) is 0 Å². The molecular weight excluding hydrogens is 268 g/mol. The number of benzene rings is 1. The van der Waals surface area contributed by atoms with E-state index < -0.39 is 5.97 Å². The van der Waals surface area contributed by atoms with Crippen molar-refractivity contribution in [1.29, 1.82) is 5.26 Å². The van der Waals surface area contributed by atoms with E-state index in [4.69, 9.17) is 14.7 Å². The molecule has 0 unspecified atom stereocenters. The molecule has 0 fully saturated rings. The Labute approximate surface area is 122 Å². The fraction of sp³-hybridized carbons (Fsp3) is 0.188. The zero-order valence-corrected chi connectivity index (χ0v) is 11.6. The van der Waals surface area contributed by atoms with Crippen LogP contribution in [0.4, 0.5) is 0 Å². The lowest BCUT2D eigenvalue weighted by Gasteiger charge is -2.09. The Morgan fingerprint density at radius 3 is 2.48 bits per heavy atom. The van der Waals surface area contributed by atoms with E-state index in [2.05, 4.69) is 4.98 Å². The number of hydrogen-bond acceptors (Lipinski definition) is 5. The van der Waals surface area contributed by atoms with Gasteiger partial charge in [-0.2, -0.15) is 5.26 Å². The largest absolute Gasteiger partial charge is 0.456 e. The lowest BCUT2D eigenvalue weighted by atomic mass is 10.1. The van der Waals surface area contributed by atoms with Gasteiger partial charge in [0.15, 0.2) is 0 Å². The van der Waals surface area contributed by atoms with Crippen LogP contribution in [0.3, 0.4) is 0 Å². The molecule has 106 valence electrons. The van der Waals surface area contributed by atoms with Crippen molar-refractivity contribution in [3.05, 3.63) is 65.0 Å². The summed E-state index contributed by atoms with van der Waals surface area (Å²) in [7, 11) is 1.61. The number of pyridine rings is 1. The monoisotopic (exact) mass is 282 g/mol. The van der Waals surface area contributed by atoms with Crippen molar-refractivity contribution >= 4 is 5.97 Å². The summed E-state index contributed by atoms with van der Waals surface area (Å²) in [4.78, 5) is 15.8. The second-order valence-electron chi connectivity index (χ2n) is 4.32. The SMILES string of the molecule is COCc1ccccc1COC(=O)c1ccc(C#N)cn1. The van der Waals surface area contributed by atoms with Crippen molar-refractivity contribution in [3.8, 4) is 6.07 Å². The number of nitriles is 1. The Kier molecular flexibility index (Phi) is 5.02. The zero-order chi connectivity index (χ0) is 15.1. The Balaban J connectivity index is 2.02. The predicted molar refractivity (Wildman–Crippen MR) is 75.2 cm³/mol. The van der Waals surface area contributed by atoms with Crippen LogP contribution in [-0.2, 0) is 22.7 Å². The van der Waals surface area contributed by atoms with Crippen LogP contribution in [0.25, 0.3) is 0 Å². The summed E-state index contributed by atoms with van der Waals surface area (Å²) in [6.07, 6.45) is 1.34. The van der Waals surface area contributed by atoms with Crippen molar-refractivity contribution in [1.82, 2.24) is 4.98 Å². The van der Waals surface area contributed by atoms with Gasteiger partial charge < -0.3 is 9.47 Å². The third-order valence-corrected chi connectivity index (χ3v) is 2.88. The second kappa shape index (κ2) is 7.17. The molecule has 0 spiro atoms. The number of ether oxygens (including phenoxy) is 2. The summed E-state index contributed by atoms with van der Waals surface area (Å²) in [5.41, 5.74) is 2.44. The number of rotatable bonds is 5. The van der Waals surface area contributed by atoms with Gasteiger partial charge in [-0.3, -0.25) is 0 Å². The van der Waals surface area contributed by atoms with E-state index in [0.29, 0.717) is 12.2 Å². The Hall–Kier alpha value is -2.71. The second-order valence-corrected chi connectivity index (χ2v) is 4.32. The topological polar surface area (TPSA) is 72.2 Å². The average molecular weight is 282 g/mol. The molecule has 0 saturated heterocycles. The first-order chi connectivity index (χ1) is 10.2. The third kappa shape index (κ3) is 3.88. The molecule has 0 saturated carbocycles. The molecule has 0 aliphatic heterocycles.